The molecule has 4 aromatic rings. The number of rotatable bonds is 4. The van der Waals surface area contributed by atoms with Gasteiger partial charge >= 0.3 is 6.09 Å². The predicted molar refractivity (Wildman–Crippen MR) is 179 cm³/mol. The number of anilines is 1. The molecule has 4 aliphatic rings. The third-order valence-electron chi connectivity index (χ3n) is 11.0. The van der Waals surface area contributed by atoms with E-state index in [0.29, 0.717) is 32.5 Å². The van der Waals surface area contributed by atoms with Gasteiger partial charge in [-0.25, -0.2) is 4.79 Å². The lowest BCUT2D eigenvalue weighted by Crippen LogP contribution is -2.53. The van der Waals surface area contributed by atoms with Gasteiger partial charge in [0.1, 0.15) is 5.75 Å². The van der Waals surface area contributed by atoms with Crippen molar-refractivity contribution in [3.8, 4) is 5.75 Å². The van der Waals surface area contributed by atoms with Gasteiger partial charge in [0.05, 0.1) is 36.0 Å². The molecule has 0 radical (unpaired) electrons. The normalized spacial score (nSPS) is 27.5. The number of aromatic hydroxyl groups is 1. The molecular formula is C39H33N3O7. The molecule has 6 atom stereocenters. The van der Waals surface area contributed by atoms with Gasteiger partial charge in [-0.05, 0) is 60.4 Å². The molecular weight excluding hydrogens is 622 g/mol. The molecule has 2 heterocycles. The largest absolute Gasteiger partial charge is 0.507 e. The van der Waals surface area contributed by atoms with Crippen LogP contribution in [0.25, 0.3) is 10.8 Å². The zero-order chi connectivity index (χ0) is 34.2. The number of aryl methyl sites for hydroxylation is 1. The van der Waals surface area contributed by atoms with E-state index >= 15 is 4.79 Å². The van der Waals surface area contributed by atoms with Crippen molar-refractivity contribution in [2.45, 2.75) is 31.1 Å². The summed E-state index contributed by atoms with van der Waals surface area (Å²) >= 11 is 0. The van der Waals surface area contributed by atoms with Crippen LogP contribution in [-0.4, -0.2) is 51.8 Å². The summed E-state index contributed by atoms with van der Waals surface area (Å²) in [5, 5.41) is 13.3. The number of phenolic OH excluding ortho intramolecular Hbond substituents is 1. The highest BCUT2D eigenvalue weighted by Gasteiger charge is 2.70. The average Bonchev–Trinajstić information content (AvgIpc) is 3.50. The monoisotopic (exact) mass is 655 g/mol. The molecule has 6 unspecified atom stereocenters. The van der Waals surface area contributed by atoms with Crippen molar-refractivity contribution in [3.05, 3.63) is 119 Å². The number of fused-ring (bicyclic) bond motifs is 5. The first kappa shape index (κ1) is 30.6. The molecule has 8 rings (SSSR count). The Balaban J connectivity index is 1.39. The summed E-state index contributed by atoms with van der Waals surface area (Å²) in [5.74, 6) is -6.21. The van der Waals surface area contributed by atoms with E-state index < -0.39 is 64.7 Å². The van der Waals surface area contributed by atoms with Crippen molar-refractivity contribution in [3.63, 3.8) is 0 Å². The predicted octanol–water partition coefficient (Wildman–Crippen LogP) is 5.61. The SMILES string of the molecule is COC(=O)N1C(=O)C2CC=C3C(CC4C(=O)N(Nc5ccc(C)cc5)C(=O)C4(c4ccccc4)C3c3ccc(O)c4ccccc34)C2C1=O. The first-order valence-electron chi connectivity index (χ1n) is 16.3. The summed E-state index contributed by atoms with van der Waals surface area (Å²) < 4.78 is 4.81. The van der Waals surface area contributed by atoms with Crippen LogP contribution in [0, 0.1) is 30.6 Å². The molecule has 4 aromatic carbocycles. The Labute approximate surface area is 281 Å². The highest BCUT2D eigenvalue weighted by atomic mass is 16.5. The third-order valence-corrected chi connectivity index (χ3v) is 11.0. The molecule has 0 spiro atoms. The number of ether oxygens (including phenoxy) is 1. The van der Waals surface area contributed by atoms with Crippen LogP contribution < -0.4 is 5.43 Å². The van der Waals surface area contributed by atoms with Crippen molar-refractivity contribution < 1.29 is 33.8 Å². The Morgan fingerprint density at radius 3 is 2.24 bits per heavy atom. The number of benzene rings is 4. The number of amides is 5. The topological polar surface area (TPSA) is 133 Å². The second-order valence-electron chi connectivity index (χ2n) is 13.3. The van der Waals surface area contributed by atoms with Crippen LogP contribution in [-0.2, 0) is 29.3 Å². The van der Waals surface area contributed by atoms with E-state index in [-0.39, 0.29) is 18.6 Å². The minimum absolute atomic E-state index is 0.0662. The molecule has 0 bridgehead atoms. The number of hydrogen-bond acceptors (Lipinski definition) is 8. The summed E-state index contributed by atoms with van der Waals surface area (Å²) in [4.78, 5) is 70.8. The Kier molecular flexibility index (Phi) is 6.95. The van der Waals surface area contributed by atoms with Crippen LogP contribution >= 0.6 is 0 Å². The van der Waals surface area contributed by atoms with E-state index in [1.165, 1.54) is 0 Å². The van der Waals surface area contributed by atoms with Gasteiger partial charge < -0.3 is 9.84 Å². The maximum absolute atomic E-state index is 15.3. The maximum Gasteiger partial charge on any atom is 0.423 e. The second kappa shape index (κ2) is 11.2. The van der Waals surface area contributed by atoms with Gasteiger partial charge in [0.2, 0.25) is 11.8 Å². The number of phenols is 1. The van der Waals surface area contributed by atoms with Crippen molar-refractivity contribution in [2.75, 3.05) is 12.5 Å². The molecule has 3 fully saturated rings. The van der Waals surface area contributed by atoms with Crippen LogP contribution in [0.4, 0.5) is 10.5 Å². The van der Waals surface area contributed by atoms with Crippen molar-refractivity contribution in [1.82, 2.24) is 9.91 Å². The lowest BCUT2D eigenvalue weighted by Gasteiger charge is -2.51. The Morgan fingerprint density at radius 1 is 0.837 bits per heavy atom. The van der Waals surface area contributed by atoms with Crippen molar-refractivity contribution in [1.29, 1.82) is 0 Å². The standard InChI is InChI=1S/C39H33N3O7/c1-21-12-14-23(15-13-21)40-42-35(45)30-20-29-27(16-17-28-32(29)36(46)41(34(28)44)38(48)49-2)33(39(30,37(42)47)22-8-4-3-5-9-22)26-18-19-31(43)25-11-7-6-10-24(25)26/h3-16,18-19,28-30,32-33,40,43H,17,20H2,1-2H3. The van der Waals surface area contributed by atoms with E-state index in [4.69, 9.17) is 4.74 Å². The third kappa shape index (κ3) is 4.22. The van der Waals surface area contributed by atoms with Crippen LogP contribution in [0.3, 0.4) is 0 Å². The van der Waals surface area contributed by atoms with Crippen LogP contribution in [0.2, 0.25) is 0 Å². The minimum Gasteiger partial charge on any atom is -0.507 e. The van der Waals surface area contributed by atoms with E-state index in [0.717, 1.165) is 23.3 Å². The number of carbonyl (C=O) groups excluding carboxylic acids is 5. The molecule has 49 heavy (non-hydrogen) atoms. The highest BCUT2D eigenvalue weighted by Crippen LogP contribution is 2.64. The number of methoxy groups -OCH3 is 1. The molecule has 2 aliphatic heterocycles. The number of allylic oxidation sites excluding steroid dienone is 2. The molecule has 10 nitrogen and oxygen atoms in total. The first-order chi connectivity index (χ1) is 23.7. The number of likely N-dealkylation sites (tertiary alicyclic amines) is 1. The summed E-state index contributed by atoms with van der Waals surface area (Å²) in [6, 6.07) is 27.3. The number of hydrogen-bond donors (Lipinski definition) is 2. The smallest absolute Gasteiger partial charge is 0.423 e. The fraction of sp³-hybridized carbons (Fsp3) is 0.256. The molecule has 2 N–H and O–H groups in total. The fourth-order valence-corrected chi connectivity index (χ4v) is 8.92. The number of imide groups is 4. The number of nitrogens with one attached hydrogen (secondary N) is 1. The quantitative estimate of drug-likeness (QED) is 0.214. The lowest BCUT2D eigenvalue weighted by atomic mass is 9.49. The minimum atomic E-state index is -1.46. The zero-order valence-corrected chi connectivity index (χ0v) is 26.8. The van der Waals surface area contributed by atoms with Crippen LogP contribution in [0.5, 0.6) is 5.75 Å². The van der Waals surface area contributed by atoms with E-state index in [1.54, 1.807) is 30.3 Å². The van der Waals surface area contributed by atoms with Gasteiger partial charge in [-0.15, -0.1) is 0 Å². The zero-order valence-electron chi connectivity index (χ0n) is 26.8. The summed E-state index contributed by atoms with van der Waals surface area (Å²) in [6.45, 7) is 1.95. The number of carbonyl (C=O) groups is 5. The van der Waals surface area contributed by atoms with Gasteiger partial charge in [0, 0.05) is 11.3 Å². The molecule has 2 aliphatic carbocycles. The Morgan fingerprint density at radius 2 is 1.53 bits per heavy atom. The van der Waals surface area contributed by atoms with Gasteiger partial charge in [0.25, 0.3) is 11.8 Å². The van der Waals surface area contributed by atoms with E-state index in [1.807, 2.05) is 73.7 Å². The molecule has 246 valence electrons. The average molecular weight is 656 g/mol. The molecule has 2 saturated heterocycles. The van der Waals surface area contributed by atoms with Crippen LogP contribution in [0.1, 0.15) is 35.4 Å². The maximum atomic E-state index is 15.3. The Bertz CT molecular complexity index is 2110. The van der Waals surface area contributed by atoms with Gasteiger partial charge in [-0.2, -0.15) is 9.91 Å². The fourth-order valence-electron chi connectivity index (χ4n) is 8.92. The van der Waals surface area contributed by atoms with Crippen molar-refractivity contribution >= 4 is 46.2 Å². The lowest BCUT2D eigenvalue weighted by molar-refractivity contribution is -0.140. The molecule has 10 heteroatoms. The first-order valence-corrected chi connectivity index (χ1v) is 16.3. The summed E-state index contributed by atoms with van der Waals surface area (Å²) in [7, 11) is 1.12. The number of hydrazine groups is 1. The van der Waals surface area contributed by atoms with Crippen molar-refractivity contribution in [2.24, 2.45) is 23.7 Å². The summed E-state index contributed by atoms with van der Waals surface area (Å²) in [6.07, 6.45) is 1.16. The number of nitrogens with zero attached hydrogens (tertiary/aromatic N) is 2. The van der Waals surface area contributed by atoms with E-state index in [2.05, 4.69) is 5.43 Å². The molecule has 5 amide bonds. The van der Waals surface area contributed by atoms with Gasteiger partial charge in [0.15, 0.2) is 0 Å². The van der Waals surface area contributed by atoms with Gasteiger partial charge in [-0.3, -0.25) is 24.6 Å². The van der Waals surface area contributed by atoms with E-state index in [9.17, 15) is 24.3 Å². The second-order valence-corrected chi connectivity index (χ2v) is 13.3. The molecule has 1 saturated carbocycles. The highest BCUT2D eigenvalue weighted by molar-refractivity contribution is 6.17. The van der Waals surface area contributed by atoms with Gasteiger partial charge in [-0.1, -0.05) is 90.0 Å². The molecule has 0 aromatic heterocycles. The summed E-state index contributed by atoms with van der Waals surface area (Å²) in [5.41, 5.74) is 5.30. The van der Waals surface area contributed by atoms with Crippen LogP contribution in [0.15, 0.2) is 103 Å². The Hall–Kier alpha value is -5.77.